The molecule has 1 saturated carbocycles. The number of nitrogens with two attached hydrogens (primary N) is 2. The Hall–Kier alpha value is -10.1. The summed E-state index contributed by atoms with van der Waals surface area (Å²) in [5.74, 6) is -7.36. The third-order valence-corrected chi connectivity index (χ3v) is 27.1. The second-order valence-corrected chi connectivity index (χ2v) is 36.9. The molecule has 4 aromatic rings. The lowest BCUT2D eigenvalue weighted by molar-refractivity contribution is -0.265. The number of nitrogens with zero attached hydrogens (tertiary/aromatic N) is 12. The highest BCUT2D eigenvalue weighted by Crippen LogP contribution is 2.41. The first kappa shape index (κ1) is 101. The Labute approximate surface area is 773 Å². The van der Waals surface area contributed by atoms with Gasteiger partial charge in [-0.25, -0.2) is 34.4 Å². The highest BCUT2D eigenvalue weighted by Gasteiger charge is 2.54. The number of fused-ring (bicyclic) bond motifs is 6. The van der Waals surface area contributed by atoms with E-state index in [1.54, 1.807) is 64.4 Å². The topological polar surface area (TPSA) is 431 Å². The van der Waals surface area contributed by atoms with Crippen molar-refractivity contribution in [1.82, 2.24) is 54.6 Å². The number of aliphatic hydroxyl groups is 2. The fourth-order valence-corrected chi connectivity index (χ4v) is 19.3. The minimum Gasteiger partial charge on any atom is -0.460 e. The number of esters is 2. The number of amides is 4. The molecule has 0 spiro atoms. The molecule has 3 saturated heterocycles. The highest BCUT2D eigenvalue weighted by atomic mass is 16.6. The van der Waals surface area contributed by atoms with Gasteiger partial charge in [-0.2, -0.15) is 5.10 Å². The summed E-state index contributed by atoms with van der Waals surface area (Å²) in [4.78, 5) is 143. The van der Waals surface area contributed by atoms with Gasteiger partial charge in [0.25, 0.3) is 17.7 Å². The van der Waals surface area contributed by atoms with Crippen LogP contribution in [0, 0.1) is 35.5 Å². The number of carbonyl (C=O) groups is 8. The van der Waals surface area contributed by atoms with Crippen molar-refractivity contribution < 1.29 is 95.9 Å². The fourth-order valence-electron chi connectivity index (χ4n) is 19.3. The number of nitrogens with one attached hydrogen (secondary N) is 1. The van der Waals surface area contributed by atoms with Crippen molar-refractivity contribution in [3.05, 3.63) is 131 Å². The first-order valence-corrected chi connectivity index (χ1v) is 46.8. The molecule has 35 heteroatoms. The number of methoxy groups -OCH3 is 4. The average molecular weight is 1830 g/mol. The van der Waals surface area contributed by atoms with E-state index >= 15 is 0 Å². The van der Waals surface area contributed by atoms with Crippen LogP contribution in [0.25, 0.3) is 16.6 Å². The van der Waals surface area contributed by atoms with Crippen molar-refractivity contribution >= 4 is 81.5 Å². The summed E-state index contributed by atoms with van der Waals surface area (Å²) >= 11 is 0. The van der Waals surface area contributed by atoms with Crippen molar-refractivity contribution in [2.45, 2.75) is 237 Å². The van der Waals surface area contributed by atoms with Gasteiger partial charge in [-0.3, -0.25) is 38.5 Å². The zero-order chi connectivity index (χ0) is 94.5. The fraction of sp³-hybridized carbons (Fsp3) is 0.629. The molecule has 132 heavy (non-hydrogen) atoms. The molecule has 8 aliphatic rings. The van der Waals surface area contributed by atoms with Crippen molar-refractivity contribution in [2.24, 2.45) is 46.2 Å². The van der Waals surface area contributed by atoms with Gasteiger partial charge >= 0.3 is 11.9 Å². The van der Waals surface area contributed by atoms with Crippen LogP contribution in [0.2, 0.25) is 0 Å². The van der Waals surface area contributed by atoms with E-state index in [-0.39, 0.29) is 138 Å². The number of allylic oxidation sites excluding steroid dienone is 7. The monoisotopic (exact) mass is 1830 g/mol. The second-order valence-electron chi connectivity index (χ2n) is 36.9. The number of ether oxygens (including phenoxy) is 10. The molecule has 2 aliphatic carbocycles. The normalized spacial score (nSPS) is 29.6. The van der Waals surface area contributed by atoms with Gasteiger partial charge < -0.3 is 94.0 Å². The van der Waals surface area contributed by atoms with Crippen LogP contribution < -0.4 is 21.7 Å². The summed E-state index contributed by atoms with van der Waals surface area (Å²) in [6.07, 6.45) is 22.7. The molecule has 18 atom stereocenters. The third kappa shape index (κ3) is 26.3. The van der Waals surface area contributed by atoms with E-state index < -0.39 is 102 Å². The minimum atomic E-state index is -2.47. The number of likely N-dealkylation sites (N-methyl/N-ethyl adjacent to an activating group) is 1. The zero-order valence-corrected chi connectivity index (χ0v) is 78.7. The first-order valence-electron chi connectivity index (χ1n) is 46.8. The van der Waals surface area contributed by atoms with Crippen LogP contribution in [0.15, 0.2) is 108 Å². The summed E-state index contributed by atoms with van der Waals surface area (Å²) in [5.41, 5.74) is 19.7. The third-order valence-electron chi connectivity index (χ3n) is 27.1. The second kappa shape index (κ2) is 47.7. The summed E-state index contributed by atoms with van der Waals surface area (Å²) in [6.45, 7) is 18.0. The minimum absolute atomic E-state index is 0.00140. The molecule has 4 fully saturated rings. The lowest BCUT2D eigenvalue weighted by Crippen LogP contribution is -2.61. The van der Waals surface area contributed by atoms with Crippen molar-refractivity contribution in [3.63, 3.8) is 0 Å². The smallest absolute Gasteiger partial charge is 0.329 e. The van der Waals surface area contributed by atoms with E-state index in [9.17, 15) is 48.6 Å². The number of anilines is 2. The molecular weight excluding hydrogens is 1700 g/mol. The van der Waals surface area contributed by atoms with E-state index in [1.165, 1.54) is 23.9 Å². The molecule has 2 unspecified atom stereocenters. The van der Waals surface area contributed by atoms with Gasteiger partial charge in [0.15, 0.2) is 11.4 Å². The van der Waals surface area contributed by atoms with Crippen LogP contribution in [0.1, 0.15) is 166 Å². The molecule has 9 heterocycles. The number of piperazine rings is 1. The van der Waals surface area contributed by atoms with Crippen LogP contribution in [0.5, 0.6) is 0 Å². The standard InChI is InChI=1S/C97H137N15O20/c1-59-18-14-13-15-19-60(2)77(123-9)50-72-27-21-65(7)97(122,132-72)90(119)93(120)111-34-17-16-20-74(111)94(121)130-79(51-78(124-10)61(3)45-64(6)88(118)89(126-12)87(117)63(5)44-59)62(4)46-66-23-28-76(80(48-66)125-11)129-84(116)30-24-68-52-101-96(102-53-68)109-38-36-108(37-39-109)83(115)57-107(8)56-81(113)100-33-41-128-43-42-127-40-32-82(114)110-35-31-69-47-67(22-25-71(69)55-110)54-112-92-85(91(98)103-58-104-92)86(106-112)70-26-29-75-73(49-70)105-95(99)131-75/h13-15,18-19,22,25-26,29,45,47,49,52-53,58-59,61-63,65-66,72-80,88-89,118,122H,16-17,20-21,23-24,27-28,30-44,46,48,50-51,54-57H2,1-12H3,(H2,99,105)(H,100,113)(H2,98,103,104)/b15-13+,18-14+,60-19+,64-45+/t59-,61-,62-,63-,65-,66+,72+,73?,74+,75?,76-,77+,78-,79+,80-,88-,89+,97-/m1/s1. The molecule has 35 nitrogen and oxygen atoms in total. The number of nitrogen functional groups attached to an aromatic ring is 1. The maximum atomic E-state index is 15.0. The number of aliphatic hydroxyl groups excluding tert-OH is 1. The molecule has 3 aromatic heterocycles. The van der Waals surface area contributed by atoms with Crippen molar-refractivity contribution in [2.75, 3.05) is 131 Å². The maximum Gasteiger partial charge on any atom is 0.329 e. The Morgan fingerprint density at radius 2 is 1.50 bits per heavy atom. The summed E-state index contributed by atoms with van der Waals surface area (Å²) in [5, 5.41) is 32.5. The summed E-state index contributed by atoms with van der Waals surface area (Å²) < 4.78 is 61.8. The molecule has 12 rings (SSSR count). The molecule has 2 bridgehead atoms. The predicted octanol–water partition coefficient (Wildman–Crippen LogP) is 7.11. The number of benzene rings is 1. The summed E-state index contributed by atoms with van der Waals surface area (Å²) in [6, 6.07) is 5.02. The number of aromatic nitrogens is 6. The molecule has 1 aromatic carbocycles. The Kier molecular flexibility index (Phi) is 36.5. The number of aryl methyl sites for hydroxylation is 1. The number of cyclic esters (lactones) is 1. The van der Waals surface area contributed by atoms with Gasteiger partial charge in [0, 0.05) is 136 Å². The van der Waals surface area contributed by atoms with Gasteiger partial charge in [0.05, 0.1) is 82.3 Å². The Morgan fingerprint density at radius 1 is 0.735 bits per heavy atom. The van der Waals surface area contributed by atoms with Crippen LogP contribution in [-0.4, -0.2) is 306 Å². The number of ketones is 2. The Bertz CT molecular complexity index is 4870. The Morgan fingerprint density at radius 3 is 2.25 bits per heavy atom. The van der Waals surface area contributed by atoms with Gasteiger partial charge in [-0.05, 0) is 161 Å². The van der Waals surface area contributed by atoms with E-state index in [4.69, 9.17) is 63.9 Å². The predicted molar refractivity (Wildman–Crippen MR) is 493 cm³/mol. The molecule has 6 aliphatic heterocycles. The van der Waals surface area contributed by atoms with E-state index in [0.29, 0.717) is 157 Å². The molecule has 0 radical (unpaired) electrons. The highest BCUT2D eigenvalue weighted by molar-refractivity contribution is 6.39. The lowest BCUT2D eigenvalue weighted by Gasteiger charge is -2.43. The number of hydrogen-bond donors (Lipinski definition) is 5. The van der Waals surface area contributed by atoms with Gasteiger partial charge in [0.2, 0.25) is 29.5 Å². The van der Waals surface area contributed by atoms with Gasteiger partial charge in [-0.1, -0.05) is 95.3 Å². The summed E-state index contributed by atoms with van der Waals surface area (Å²) in [7, 11) is 7.87. The van der Waals surface area contributed by atoms with E-state index in [2.05, 4.69) is 42.4 Å². The van der Waals surface area contributed by atoms with E-state index in [0.717, 1.165) is 27.8 Å². The van der Waals surface area contributed by atoms with Crippen LogP contribution >= 0.6 is 0 Å². The number of carbonyl (C=O) groups excluding carboxylic acids is 8. The zero-order valence-electron chi connectivity index (χ0n) is 78.7. The van der Waals surface area contributed by atoms with Gasteiger partial charge in [-0.15, -0.1) is 0 Å². The lowest BCUT2D eigenvalue weighted by atomic mass is 9.78. The number of rotatable bonds is 28. The molecule has 4 amide bonds. The van der Waals surface area contributed by atoms with Crippen molar-refractivity contribution in [1.29, 1.82) is 0 Å². The number of piperidine rings is 1. The quantitative estimate of drug-likeness (QED) is 0.0164. The largest absolute Gasteiger partial charge is 0.460 e. The maximum absolute atomic E-state index is 15.0. The number of hydrogen-bond acceptors (Lipinski definition) is 30. The number of Topliss-reactive ketones (excluding diaryl/α,β-unsaturated/α-hetero) is 2. The van der Waals surface area contributed by atoms with Gasteiger partial charge in [0.1, 0.15) is 60.4 Å². The number of aliphatic imine (C=N–C) groups is 1. The Balaban J connectivity index is 0.548. The van der Waals surface area contributed by atoms with Crippen LogP contribution in [0.3, 0.4) is 0 Å². The van der Waals surface area contributed by atoms with Crippen molar-refractivity contribution in [3.8, 4) is 0 Å². The SMILES string of the molecule is CO[C@H]1C[C@@H]2CC[C@@H](C)[C@@](O)(O2)C(=O)C(=O)N2CCCC[C@H]2C(=O)O[C@H]([C@H](C)C[C@@H]2CC[C@@H](OC(=O)CCc3cnc(N4CCN(C(=O)CN(C)CC(=O)NCCOCCOCCC(=O)N5CCc6cc(Cn7nc(C8=CC9N=C(N)OC9C=C8)c8c(N)ncnc87)ccc6C5)CC4)nc3)[C@H](OC)C2)C[C@@H](OC)[C@H](C)/C=C(\C)[C@@H](O)[C@@H](OC)C(=O)[C@H](C)C[C@H](C)/C=C/C=C/C=C/1C. The number of amidine groups is 1. The van der Waals surface area contributed by atoms with Crippen LogP contribution in [-0.2, 0) is 112 Å². The van der Waals surface area contributed by atoms with Crippen LogP contribution in [0.4, 0.5) is 11.8 Å². The average Bonchev–Trinajstić information content (AvgIpc) is 1.55. The molecule has 720 valence electrons. The molecule has 7 N–H and O–H groups in total. The first-order chi connectivity index (χ1) is 63.4. The van der Waals surface area contributed by atoms with E-state index in [1.807, 2.05) is 110 Å². The molecular formula is C97H137N15O20.